The summed E-state index contributed by atoms with van der Waals surface area (Å²) in [5, 5.41) is 13.9. The van der Waals surface area contributed by atoms with Gasteiger partial charge in [0, 0.05) is 19.6 Å². The van der Waals surface area contributed by atoms with Crippen molar-refractivity contribution in [3.05, 3.63) is 11.4 Å². The quantitative estimate of drug-likeness (QED) is 0.797. The van der Waals surface area contributed by atoms with Gasteiger partial charge in [0.1, 0.15) is 5.69 Å². The molecule has 0 unspecified atom stereocenters. The summed E-state index contributed by atoms with van der Waals surface area (Å²) in [7, 11) is 0. The lowest BCUT2D eigenvalue weighted by Gasteiger charge is -2.30. The average Bonchev–Trinajstić information content (AvgIpc) is 2.64. The van der Waals surface area contributed by atoms with Crippen molar-refractivity contribution in [1.29, 1.82) is 0 Å². The number of amides is 1. The SMILES string of the molecule is CCn1nc(C)c(N)c1C(=O)N1CCC[C@H](O)C1. The lowest BCUT2D eigenvalue weighted by molar-refractivity contribution is 0.0464. The van der Waals surface area contributed by atoms with Crippen LogP contribution in [0.15, 0.2) is 0 Å². The van der Waals surface area contributed by atoms with E-state index in [9.17, 15) is 9.90 Å². The minimum Gasteiger partial charge on any atom is -0.395 e. The summed E-state index contributed by atoms with van der Waals surface area (Å²) in [6, 6.07) is 0. The van der Waals surface area contributed by atoms with Crippen molar-refractivity contribution in [2.45, 2.75) is 39.3 Å². The van der Waals surface area contributed by atoms with Crippen LogP contribution in [-0.2, 0) is 6.54 Å². The number of aryl methyl sites for hydroxylation is 2. The number of aliphatic hydroxyl groups excluding tert-OH is 1. The number of hydrogen-bond donors (Lipinski definition) is 2. The molecule has 0 bridgehead atoms. The minimum atomic E-state index is -0.428. The van der Waals surface area contributed by atoms with Gasteiger partial charge in [0.2, 0.25) is 0 Å². The summed E-state index contributed by atoms with van der Waals surface area (Å²) in [5.74, 6) is -0.131. The molecule has 1 amide bonds. The fourth-order valence-corrected chi connectivity index (χ4v) is 2.34. The van der Waals surface area contributed by atoms with Gasteiger partial charge in [0.05, 0.1) is 17.5 Å². The van der Waals surface area contributed by atoms with Crippen LogP contribution in [0.5, 0.6) is 0 Å². The van der Waals surface area contributed by atoms with Crippen molar-refractivity contribution in [2.24, 2.45) is 0 Å². The Hall–Kier alpha value is -1.56. The van der Waals surface area contributed by atoms with E-state index in [0.717, 1.165) is 12.8 Å². The van der Waals surface area contributed by atoms with Crippen LogP contribution in [0.4, 0.5) is 5.69 Å². The molecule has 0 spiro atoms. The first-order valence-corrected chi connectivity index (χ1v) is 6.34. The molecule has 1 aliphatic heterocycles. The largest absolute Gasteiger partial charge is 0.395 e. The van der Waals surface area contributed by atoms with Gasteiger partial charge < -0.3 is 15.7 Å². The number of carbonyl (C=O) groups excluding carboxylic acids is 1. The van der Waals surface area contributed by atoms with E-state index in [1.54, 1.807) is 16.5 Å². The summed E-state index contributed by atoms with van der Waals surface area (Å²) in [4.78, 5) is 14.1. The Morgan fingerprint density at radius 3 is 2.94 bits per heavy atom. The summed E-state index contributed by atoms with van der Waals surface area (Å²) < 4.78 is 1.63. The Kier molecular flexibility index (Phi) is 3.56. The predicted molar refractivity (Wildman–Crippen MR) is 68.2 cm³/mol. The molecule has 0 aliphatic carbocycles. The number of anilines is 1. The molecule has 1 atom stereocenters. The minimum absolute atomic E-state index is 0.131. The first-order valence-electron chi connectivity index (χ1n) is 6.34. The van der Waals surface area contributed by atoms with Crippen molar-refractivity contribution >= 4 is 11.6 Å². The second-order valence-corrected chi connectivity index (χ2v) is 4.71. The van der Waals surface area contributed by atoms with Crippen LogP contribution in [0.3, 0.4) is 0 Å². The Labute approximate surface area is 106 Å². The first-order chi connectivity index (χ1) is 8.54. The van der Waals surface area contributed by atoms with Crippen LogP contribution in [0.1, 0.15) is 35.9 Å². The van der Waals surface area contributed by atoms with E-state index < -0.39 is 6.10 Å². The van der Waals surface area contributed by atoms with Gasteiger partial charge in [0.15, 0.2) is 0 Å². The first kappa shape index (κ1) is 12.9. The van der Waals surface area contributed by atoms with Gasteiger partial charge in [-0.1, -0.05) is 0 Å². The lowest BCUT2D eigenvalue weighted by atomic mass is 10.1. The average molecular weight is 252 g/mol. The standard InChI is InChI=1S/C12H20N4O2/c1-3-16-11(10(13)8(2)14-16)12(18)15-6-4-5-9(17)7-15/h9,17H,3-7,13H2,1-2H3/t9-/m0/s1. The molecule has 1 aliphatic rings. The fraction of sp³-hybridized carbons (Fsp3) is 0.667. The van der Waals surface area contributed by atoms with Crippen molar-refractivity contribution in [2.75, 3.05) is 18.8 Å². The van der Waals surface area contributed by atoms with Crippen molar-refractivity contribution < 1.29 is 9.90 Å². The number of β-amino-alcohol motifs (C(OH)–C–C–N with tert-alkyl or cyclic N) is 1. The molecule has 2 rings (SSSR count). The summed E-state index contributed by atoms with van der Waals surface area (Å²) in [5.41, 5.74) is 7.50. The second-order valence-electron chi connectivity index (χ2n) is 4.71. The monoisotopic (exact) mass is 252 g/mol. The zero-order valence-corrected chi connectivity index (χ0v) is 10.9. The molecular formula is C12H20N4O2. The molecule has 3 N–H and O–H groups in total. The van der Waals surface area contributed by atoms with E-state index in [-0.39, 0.29) is 5.91 Å². The van der Waals surface area contributed by atoms with Gasteiger partial charge in [0.25, 0.3) is 5.91 Å². The van der Waals surface area contributed by atoms with Crippen LogP contribution in [-0.4, -0.2) is 44.9 Å². The zero-order valence-electron chi connectivity index (χ0n) is 10.9. The summed E-state index contributed by atoms with van der Waals surface area (Å²) in [6.07, 6.45) is 1.15. The molecule has 6 nitrogen and oxygen atoms in total. The van der Waals surface area contributed by atoms with Gasteiger partial charge in [-0.2, -0.15) is 5.10 Å². The van der Waals surface area contributed by atoms with Gasteiger partial charge in [-0.15, -0.1) is 0 Å². The maximum atomic E-state index is 12.4. The second kappa shape index (κ2) is 4.97. The van der Waals surface area contributed by atoms with E-state index in [1.807, 2.05) is 6.92 Å². The highest BCUT2D eigenvalue weighted by Crippen LogP contribution is 2.20. The maximum absolute atomic E-state index is 12.4. The number of nitrogen functional groups attached to an aromatic ring is 1. The molecule has 6 heteroatoms. The van der Waals surface area contributed by atoms with Gasteiger partial charge in [-0.25, -0.2) is 0 Å². The van der Waals surface area contributed by atoms with Crippen molar-refractivity contribution in [3.8, 4) is 0 Å². The van der Waals surface area contributed by atoms with Crippen molar-refractivity contribution in [1.82, 2.24) is 14.7 Å². The van der Waals surface area contributed by atoms with E-state index >= 15 is 0 Å². The number of aromatic nitrogens is 2. The highest BCUT2D eigenvalue weighted by atomic mass is 16.3. The van der Waals surface area contributed by atoms with Crippen LogP contribution in [0, 0.1) is 6.92 Å². The topological polar surface area (TPSA) is 84.4 Å². The molecule has 18 heavy (non-hydrogen) atoms. The number of nitrogens with zero attached hydrogens (tertiary/aromatic N) is 3. The summed E-state index contributed by atoms with van der Waals surface area (Å²) >= 11 is 0. The number of carbonyl (C=O) groups is 1. The molecule has 0 radical (unpaired) electrons. The fourth-order valence-electron chi connectivity index (χ4n) is 2.34. The highest BCUT2D eigenvalue weighted by Gasteiger charge is 2.27. The predicted octanol–water partition coefficient (Wildman–Crippen LogP) is 0.391. The molecule has 1 aromatic rings. The number of likely N-dealkylation sites (tertiary alicyclic amines) is 1. The van der Waals surface area contributed by atoms with Crippen LogP contribution in [0.25, 0.3) is 0 Å². The number of hydrogen-bond acceptors (Lipinski definition) is 4. The normalized spacial score (nSPS) is 20.2. The number of rotatable bonds is 2. The third-order valence-corrected chi connectivity index (χ3v) is 3.36. The third kappa shape index (κ3) is 2.20. The van der Waals surface area contributed by atoms with E-state index in [2.05, 4.69) is 5.10 Å². The number of aliphatic hydroxyl groups is 1. The van der Waals surface area contributed by atoms with Gasteiger partial charge >= 0.3 is 0 Å². The molecule has 1 fully saturated rings. The smallest absolute Gasteiger partial charge is 0.274 e. The highest BCUT2D eigenvalue weighted by molar-refractivity contribution is 5.98. The van der Waals surface area contributed by atoms with Gasteiger partial charge in [-0.05, 0) is 26.7 Å². The van der Waals surface area contributed by atoms with Crippen LogP contribution >= 0.6 is 0 Å². The molecule has 1 aromatic heterocycles. The molecule has 2 heterocycles. The maximum Gasteiger partial charge on any atom is 0.274 e. The Bertz CT molecular complexity index is 455. The van der Waals surface area contributed by atoms with E-state index in [4.69, 9.17) is 5.73 Å². The zero-order chi connectivity index (χ0) is 13.3. The molecule has 0 saturated carbocycles. The lowest BCUT2D eigenvalue weighted by Crippen LogP contribution is -2.43. The van der Waals surface area contributed by atoms with Crippen LogP contribution in [0.2, 0.25) is 0 Å². The molecule has 100 valence electrons. The number of piperidine rings is 1. The Morgan fingerprint density at radius 1 is 1.61 bits per heavy atom. The van der Waals surface area contributed by atoms with Crippen molar-refractivity contribution in [3.63, 3.8) is 0 Å². The molecule has 1 saturated heterocycles. The Balaban J connectivity index is 2.27. The third-order valence-electron chi connectivity index (χ3n) is 3.36. The van der Waals surface area contributed by atoms with E-state index in [0.29, 0.717) is 36.7 Å². The number of nitrogens with two attached hydrogens (primary N) is 1. The molecular weight excluding hydrogens is 232 g/mol. The summed E-state index contributed by atoms with van der Waals surface area (Å²) in [6.45, 7) is 5.38. The Morgan fingerprint density at radius 2 is 2.33 bits per heavy atom. The van der Waals surface area contributed by atoms with Gasteiger partial charge in [-0.3, -0.25) is 9.48 Å². The van der Waals surface area contributed by atoms with Crippen LogP contribution < -0.4 is 5.73 Å². The van der Waals surface area contributed by atoms with E-state index in [1.165, 1.54) is 0 Å². The molecule has 0 aromatic carbocycles.